The van der Waals surface area contributed by atoms with Crippen molar-refractivity contribution in [3.63, 3.8) is 0 Å². The van der Waals surface area contributed by atoms with E-state index in [0.717, 1.165) is 11.1 Å². The lowest BCUT2D eigenvalue weighted by Gasteiger charge is -2.09. The van der Waals surface area contributed by atoms with Crippen LogP contribution in [0.1, 0.15) is 27.0 Å². The zero-order valence-electron chi connectivity index (χ0n) is 13.3. The summed E-state index contributed by atoms with van der Waals surface area (Å²) in [5.74, 6) is -0.439. The van der Waals surface area contributed by atoms with Gasteiger partial charge < -0.3 is 16.2 Å². The summed E-state index contributed by atoms with van der Waals surface area (Å²) in [6.45, 7) is 2.03. The van der Waals surface area contributed by atoms with E-state index in [9.17, 15) is 14.9 Å². The molecule has 0 aromatic heterocycles. The number of aliphatic hydroxyl groups is 1. The third-order valence-electron chi connectivity index (χ3n) is 3.65. The van der Waals surface area contributed by atoms with Gasteiger partial charge in [-0.15, -0.1) is 0 Å². The molecule has 126 valence electrons. The Bertz CT molecular complexity index is 757. The van der Waals surface area contributed by atoms with Crippen molar-refractivity contribution < 1.29 is 14.8 Å². The van der Waals surface area contributed by atoms with Gasteiger partial charge in [0.05, 0.1) is 17.1 Å². The largest absolute Gasteiger partial charge is 0.393 e. The molecule has 2 rings (SSSR count). The highest BCUT2D eigenvalue weighted by molar-refractivity contribution is 6.01. The Morgan fingerprint density at radius 2 is 1.88 bits per heavy atom. The summed E-state index contributed by atoms with van der Waals surface area (Å²) < 4.78 is 0. The molecule has 4 N–H and O–H groups in total. The minimum atomic E-state index is -0.595. The van der Waals surface area contributed by atoms with Crippen LogP contribution in [0.25, 0.3) is 0 Å². The van der Waals surface area contributed by atoms with Crippen molar-refractivity contribution in [2.45, 2.75) is 20.0 Å². The molecule has 7 heteroatoms. The van der Waals surface area contributed by atoms with Crippen LogP contribution in [-0.4, -0.2) is 22.5 Å². The zero-order valence-corrected chi connectivity index (χ0v) is 13.3. The summed E-state index contributed by atoms with van der Waals surface area (Å²) in [6, 6.07) is 10.3. The Balaban J connectivity index is 2.03. The van der Waals surface area contributed by atoms with Crippen LogP contribution in [0, 0.1) is 17.0 Å². The van der Waals surface area contributed by atoms with Crippen LogP contribution < -0.4 is 11.1 Å². The number of carbonyl (C=O) groups excluding carboxylic acids is 1. The number of hydrogen-bond donors (Lipinski definition) is 3. The fraction of sp³-hybridized carbons (Fsp3) is 0.235. The standard InChI is InChI=1S/C17H19N3O4/c1-11-8-14(16(18)15(9-11)20(23)24)17(22)19-7-6-12-2-4-13(10-21)5-3-12/h2-5,8-9,21H,6-7,10,18H2,1H3,(H,19,22). The average molecular weight is 329 g/mol. The first kappa shape index (κ1) is 17.4. The van der Waals surface area contributed by atoms with Gasteiger partial charge >= 0.3 is 0 Å². The minimum absolute atomic E-state index is 0.0115. The maximum Gasteiger partial charge on any atom is 0.293 e. The molecule has 0 saturated heterocycles. The van der Waals surface area contributed by atoms with Crippen LogP contribution in [0.5, 0.6) is 0 Å². The van der Waals surface area contributed by atoms with Crippen molar-refractivity contribution in [2.24, 2.45) is 0 Å². The quantitative estimate of drug-likeness (QED) is 0.425. The van der Waals surface area contributed by atoms with Gasteiger partial charge in [0.25, 0.3) is 11.6 Å². The summed E-state index contributed by atoms with van der Waals surface area (Å²) in [7, 11) is 0. The van der Waals surface area contributed by atoms with Gasteiger partial charge in [-0.3, -0.25) is 14.9 Å². The normalized spacial score (nSPS) is 10.4. The average Bonchev–Trinajstić information content (AvgIpc) is 2.56. The number of aryl methyl sites for hydroxylation is 1. The predicted octanol–water partition coefficient (Wildman–Crippen LogP) is 1.95. The van der Waals surface area contributed by atoms with Gasteiger partial charge in [0.2, 0.25) is 0 Å². The first-order chi connectivity index (χ1) is 11.4. The van der Waals surface area contributed by atoms with Crippen LogP contribution in [0.2, 0.25) is 0 Å². The van der Waals surface area contributed by atoms with Crippen molar-refractivity contribution in [3.05, 3.63) is 68.8 Å². The van der Waals surface area contributed by atoms with Gasteiger partial charge in [-0.1, -0.05) is 24.3 Å². The van der Waals surface area contributed by atoms with Crippen molar-refractivity contribution >= 4 is 17.3 Å². The molecule has 24 heavy (non-hydrogen) atoms. The third kappa shape index (κ3) is 4.08. The molecule has 0 radical (unpaired) electrons. The van der Waals surface area contributed by atoms with Crippen LogP contribution >= 0.6 is 0 Å². The number of hydrogen-bond acceptors (Lipinski definition) is 5. The minimum Gasteiger partial charge on any atom is -0.393 e. The molecule has 0 atom stereocenters. The summed E-state index contributed by atoms with van der Waals surface area (Å²) >= 11 is 0. The van der Waals surface area contributed by atoms with Gasteiger partial charge in [-0.25, -0.2) is 0 Å². The SMILES string of the molecule is Cc1cc(C(=O)NCCc2ccc(CO)cc2)c(N)c([N+](=O)[O-])c1. The highest BCUT2D eigenvalue weighted by atomic mass is 16.6. The molecule has 2 aromatic rings. The molecule has 0 aliphatic rings. The van der Waals surface area contributed by atoms with E-state index >= 15 is 0 Å². The van der Waals surface area contributed by atoms with E-state index in [1.54, 1.807) is 6.92 Å². The van der Waals surface area contributed by atoms with Crippen molar-refractivity contribution in [3.8, 4) is 0 Å². The molecule has 0 fully saturated rings. The second kappa shape index (κ2) is 7.56. The number of carbonyl (C=O) groups is 1. The number of nitrogens with two attached hydrogens (primary N) is 1. The van der Waals surface area contributed by atoms with Crippen LogP contribution in [0.15, 0.2) is 36.4 Å². The topological polar surface area (TPSA) is 118 Å². The molecular weight excluding hydrogens is 310 g/mol. The van der Waals surface area contributed by atoms with Gasteiger partial charge in [-0.2, -0.15) is 0 Å². The molecule has 0 heterocycles. The number of nitrogens with zero attached hydrogens (tertiary/aromatic N) is 1. The Hall–Kier alpha value is -2.93. The number of benzene rings is 2. The van der Waals surface area contributed by atoms with Gasteiger partial charge in [0, 0.05) is 12.6 Å². The number of aliphatic hydroxyl groups excluding tert-OH is 1. The van der Waals surface area contributed by atoms with Crippen molar-refractivity contribution in [1.29, 1.82) is 0 Å². The fourth-order valence-electron chi connectivity index (χ4n) is 2.34. The van der Waals surface area contributed by atoms with E-state index in [0.29, 0.717) is 18.5 Å². The Labute approximate surface area is 139 Å². The van der Waals surface area contributed by atoms with Crippen LogP contribution in [0.4, 0.5) is 11.4 Å². The highest BCUT2D eigenvalue weighted by Gasteiger charge is 2.20. The Morgan fingerprint density at radius 1 is 1.25 bits per heavy atom. The van der Waals surface area contributed by atoms with E-state index in [4.69, 9.17) is 10.8 Å². The first-order valence-corrected chi connectivity index (χ1v) is 7.43. The number of nitro benzene ring substituents is 1. The second-order valence-electron chi connectivity index (χ2n) is 5.48. The fourth-order valence-corrected chi connectivity index (χ4v) is 2.34. The molecule has 0 saturated carbocycles. The predicted molar refractivity (Wildman–Crippen MR) is 90.6 cm³/mol. The molecule has 0 unspecified atom stereocenters. The number of rotatable bonds is 6. The Morgan fingerprint density at radius 3 is 2.46 bits per heavy atom. The number of anilines is 1. The smallest absolute Gasteiger partial charge is 0.293 e. The van der Waals surface area contributed by atoms with Crippen LogP contribution in [-0.2, 0) is 13.0 Å². The van der Waals surface area contributed by atoms with E-state index < -0.39 is 10.8 Å². The molecule has 7 nitrogen and oxygen atoms in total. The maximum absolute atomic E-state index is 12.2. The highest BCUT2D eigenvalue weighted by Crippen LogP contribution is 2.26. The third-order valence-corrected chi connectivity index (χ3v) is 3.65. The zero-order chi connectivity index (χ0) is 17.7. The first-order valence-electron chi connectivity index (χ1n) is 7.43. The number of nitrogen functional groups attached to an aromatic ring is 1. The molecule has 0 bridgehead atoms. The molecule has 2 aromatic carbocycles. The molecular formula is C17H19N3O4. The number of amides is 1. The van der Waals surface area contributed by atoms with E-state index in [2.05, 4.69) is 5.32 Å². The lowest BCUT2D eigenvalue weighted by Crippen LogP contribution is -2.26. The second-order valence-corrected chi connectivity index (χ2v) is 5.48. The maximum atomic E-state index is 12.2. The lowest BCUT2D eigenvalue weighted by atomic mass is 10.1. The van der Waals surface area contributed by atoms with E-state index in [-0.39, 0.29) is 23.5 Å². The monoisotopic (exact) mass is 329 g/mol. The molecule has 1 amide bonds. The van der Waals surface area contributed by atoms with Crippen LogP contribution in [0.3, 0.4) is 0 Å². The summed E-state index contributed by atoms with van der Waals surface area (Å²) in [4.78, 5) is 22.6. The van der Waals surface area contributed by atoms with E-state index in [1.807, 2.05) is 24.3 Å². The van der Waals surface area contributed by atoms with Crippen molar-refractivity contribution in [2.75, 3.05) is 12.3 Å². The lowest BCUT2D eigenvalue weighted by molar-refractivity contribution is -0.384. The molecule has 0 aliphatic heterocycles. The van der Waals surface area contributed by atoms with Crippen molar-refractivity contribution in [1.82, 2.24) is 5.32 Å². The molecule has 0 spiro atoms. The summed E-state index contributed by atoms with van der Waals surface area (Å²) in [5, 5.41) is 22.7. The number of nitro groups is 1. The number of nitrogens with one attached hydrogen (secondary N) is 1. The molecule has 0 aliphatic carbocycles. The summed E-state index contributed by atoms with van der Waals surface area (Å²) in [5.41, 5.74) is 7.89. The summed E-state index contributed by atoms with van der Waals surface area (Å²) in [6.07, 6.45) is 0.602. The van der Waals surface area contributed by atoms with E-state index in [1.165, 1.54) is 12.1 Å². The van der Waals surface area contributed by atoms with Gasteiger partial charge in [0.15, 0.2) is 0 Å². The Kier molecular flexibility index (Phi) is 5.49. The van der Waals surface area contributed by atoms with Gasteiger partial charge in [0.1, 0.15) is 5.69 Å². The van der Waals surface area contributed by atoms with Gasteiger partial charge in [-0.05, 0) is 36.1 Å².